The first-order valence-electron chi connectivity index (χ1n) is 4.40. The minimum absolute atomic E-state index is 0.139. The summed E-state index contributed by atoms with van der Waals surface area (Å²) in [7, 11) is 0. The molecule has 0 radical (unpaired) electrons. The first-order valence-corrected chi connectivity index (χ1v) is 4.40. The van der Waals surface area contributed by atoms with Gasteiger partial charge in [-0.25, -0.2) is 0 Å². The van der Waals surface area contributed by atoms with Crippen LogP contribution in [0.5, 0.6) is 5.75 Å². The van der Waals surface area contributed by atoms with Crippen molar-refractivity contribution in [2.45, 2.75) is 19.9 Å². The molecule has 0 saturated carbocycles. The van der Waals surface area contributed by atoms with Crippen LogP contribution in [0.15, 0.2) is 24.3 Å². The van der Waals surface area contributed by atoms with Crippen LogP contribution in [0.2, 0.25) is 0 Å². The quantitative estimate of drug-likeness (QED) is 0.698. The number of phenols is 1. The Labute approximate surface area is 78.3 Å². The zero-order valence-corrected chi connectivity index (χ0v) is 7.95. The highest BCUT2D eigenvalue weighted by Crippen LogP contribution is 2.15. The summed E-state index contributed by atoms with van der Waals surface area (Å²) in [5.74, 6) is 0.285. The van der Waals surface area contributed by atoms with Gasteiger partial charge in [-0.1, -0.05) is 12.1 Å². The highest BCUT2D eigenvalue weighted by atomic mass is 16.6. The summed E-state index contributed by atoms with van der Waals surface area (Å²) in [5, 5.41) is 9.06. The minimum Gasteiger partial charge on any atom is -0.508 e. The lowest BCUT2D eigenvalue weighted by Crippen LogP contribution is -2.18. The lowest BCUT2D eigenvalue weighted by molar-refractivity contribution is 0.0285. The summed E-state index contributed by atoms with van der Waals surface area (Å²) in [6.07, 6.45) is 0. The van der Waals surface area contributed by atoms with Gasteiger partial charge < -0.3 is 9.94 Å². The monoisotopic (exact) mass is 181 g/mol. The molecule has 0 fully saturated rings. The van der Waals surface area contributed by atoms with Gasteiger partial charge in [0.05, 0.1) is 12.6 Å². The number of hydroxylamine groups is 1. The van der Waals surface area contributed by atoms with Crippen molar-refractivity contribution in [3.8, 4) is 5.75 Å². The molecule has 2 N–H and O–H groups in total. The molecule has 0 aliphatic heterocycles. The largest absolute Gasteiger partial charge is 0.508 e. The molecule has 3 heteroatoms. The standard InChI is InChI=1S/C10H15NO2/c1-3-13-11-8(2)9-4-6-10(12)7-5-9/h4-8,11-12H,3H2,1-2H3. The van der Waals surface area contributed by atoms with Gasteiger partial charge >= 0.3 is 0 Å². The van der Waals surface area contributed by atoms with E-state index < -0.39 is 0 Å². The van der Waals surface area contributed by atoms with Crippen molar-refractivity contribution in [1.82, 2.24) is 5.48 Å². The van der Waals surface area contributed by atoms with E-state index in [1.54, 1.807) is 12.1 Å². The summed E-state index contributed by atoms with van der Waals surface area (Å²) in [4.78, 5) is 5.07. The molecule has 1 aromatic carbocycles. The summed E-state index contributed by atoms with van der Waals surface area (Å²) >= 11 is 0. The highest BCUT2D eigenvalue weighted by molar-refractivity contribution is 5.27. The van der Waals surface area contributed by atoms with Crippen LogP contribution in [0.4, 0.5) is 0 Å². The van der Waals surface area contributed by atoms with Crippen molar-refractivity contribution in [2.75, 3.05) is 6.61 Å². The maximum Gasteiger partial charge on any atom is 0.115 e. The van der Waals surface area contributed by atoms with Gasteiger partial charge in [0.2, 0.25) is 0 Å². The van der Waals surface area contributed by atoms with Gasteiger partial charge in [-0.15, -0.1) is 0 Å². The Kier molecular flexibility index (Phi) is 3.73. The van der Waals surface area contributed by atoms with Gasteiger partial charge in [-0.05, 0) is 31.5 Å². The molecule has 1 rings (SSSR count). The number of hydrogen-bond acceptors (Lipinski definition) is 3. The topological polar surface area (TPSA) is 41.5 Å². The van der Waals surface area contributed by atoms with Gasteiger partial charge in [-0.2, -0.15) is 5.48 Å². The van der Waals surface area contributed by atoms with Gasteiger partial charge in [0.1, 0.15) is 5.75 Å². The van der Waals surface area contributed by atoms with Crippen LogP contribution in [0, 0.1) is 0 Å². The molecule has 1 unspecified atom stereocenters. The van der Waals surface area contributed by atoms with E-state index in [1.165, 1.54) is 0 Å². The second kappa shape index (κ2) is 4.84. The molecule has 0 amide bonds. The van der Waals surface area contributed by atoms with Crippen molar-refractivity contribution in [3.63, 3.8) is 0 Å². The molecular weight excluding hydrogens is 166 g/mol. The molecule has 0 heterocycles. The molecule has 1 atom stereocenters. The molecule has 72 valence electrons. The molecule has 0 aromatic heterocycles. The Balaban J connectivity index is 2.55. The van der Waals surface area contributed by atoms with Crippen molar-refractivity contribution in [3.05, 3.63) is 29.8 Å². The van der Waals surface area contributed by atoms with Crippen LogP contribution in [0.25, 0.3) is 0 Å². The number of benzene rings is 1. The smallest absolute Gasteiger partial charge is 0.115 e. The van der Waals surface area contributed by atoms with Crippen molar-refractivity contribution in [1.29, 1.82) is 0 Å². The van der Waals surface area contributed by atoms with Gasteiger partial charge in [0.15, 0.2) is 0 Å². The van der Waals surface area contributed by atoms with Crippen LogP contribution in [-0.4, -0.2) is 11.7 Å². The molecular formula is C10H15NO2. The van der Waals surface area contributed by atoms with Gasteiger partial charge in [0.25, 0.3) is 0 Å². The van der Waals surface area contributed by atoms with Crippen LogP contribution in [-0.2, 0) is 4.84 Å². The number of aromatic hydroxyl groups is 1. The summed E-state index contributed by atoms with van der Waals surface area (Å²) in [6.45, 7) is 4.57. The molecule has 13 heavy (non-hydrogen) atoms. The van der Waals surface area contributed by atoms with E-state index in [0.29, 0.717) is 6.61 Å². The summed E-state index contributed by atoms with van der Waals surface area (Å²) in [6, 6.07) is 7.21. The second-order valence-electron chi connectivity index (χ2n) is 2.86. The first-order chi connectivity index (χ1) is 6.24. The van der Waals surface area contributed by atoms with Crippen molar-refractivity contribution >= 4 is 0 Å². The fourth-order valence-corrected chi connectivity index (χ4v) is 1.04. The molecule has 0 spiro atoms. The zero-order valence-electron chi connectivity index (χ0n) is 7.95. The first kappa shape index (κ1) is 10.0. The predicted octanol–water partition coefficient (Wildman–Crippen LogP) is 1.99. The molecule has 0 saturated heterocycles. The maximum absolute atomic E-state index is 9.06. The van der Waals surface area contributed by atoms with E-state index >= 15 is 0 Å². The van der Waals surface area contributed by atoms with Crippen LogP contribution in [0.3, 0.4) is 0 Å². The van der Waals surface area contributed by atoms with Crippen LogP contribution < -0.4 is 5.48 Å². The molecule has 3 nitrogen and oxygen atoms in total. The average Bonchev–Trinajstić information content (AvgIpc) is 2.15. The number of nitrogens with one attached hydrogen (secondary N) is 1. The molecule has 0 bridgehead atoms. The van der Waals surface area contributed by atoms with E-state index in [0.717, 1.165) is 5.56 Å². The minimum atomic E-state index is 0.139. The van der Waals surface area contributed by atoms with E-state index in [-0.39, 0.29) is 11.8 Å². The predicted molar refractivity (Wildman–Crippen MR) is 51.3 cm³/mol. The summed E-state index contributed by atoms with van der Waals surface area (Å²) in [5.41, 5.74) is 3.98. The van der Waals surface area contributed by atoms with E-state index in [9.17, 15) is 0 Å². The van der Waals surface area contributed by atoms with E-state index in [4.69, 9.17) is 9.94 Å². The van der Waals surface area contributed by atoms with Crippen molar-refractivity contribution < 1.29 is 9.94 Å². The van der Waals surface area contributed by atoms with E-state index in [1.807, 2.05) is 26.0 Å². The Morgan fingerprint density at radius 1 is 1.38 bits per heavy atom. The van der Waals surface area contributed by atoms with Crippen LogP contribution >= 0.6 is 0 Å². The van der Waals surface area contributed by atoms with Crippen LogP contribution in [0.1, 0.15) is 25.5 Å². The Morgan fingerprint density at radius 3 is 2.54 bits per heavy atom. The Bertz CT molecular complexity index is 246. The second-order valence-corrected chi connectivity index (χ2v) is 2.86. The zero-order chi connectivity index (χ0) is 9.68. The third-order valence-electron chi connectivity index (χ3n) is 1.80. The lowest BCUT2D eigenvalue weighted by Gasteiger charge is -2.12. The van der Waals surface area contributed by atoms with Crippen molar-refractivity contribution in [2.24, 2.45) is 0 Å². The van der Waals surface area contributed by atoms with Gasteiger partial charge in [-0.3, -0.25) is 0 Å². The average molecular weight is 181 g/mol. The fraction of sp³-hybridized carbons (Fsp3) is 0.400. The SMILES string of the molecule is CCONC(C)c1ccc(O)cc1. The third kappa shape index (κ3) is 3.05. The third-order valence-corrected chi connectivity index (χ3v) is 1.80. The number of phenolic OH excluding ortho intramolecular Hbond substituents is 1. The molecule has 0 aliphatic rings. The Morgan fingerprint density at radius 2 is 2.00 bits per heavy atom. The Hall–Kier alpha value is -1.06. The number of hydrogen-bond donors (Lipinski definition) is 2. The van der Waals surface area contributed by atoms with Gasteiger partial charge in [0, 0.05) is 0 Å². The summed E-state index contributed by atoms with van der Waals surface area (Å²) < 4.78 is 0. The normalized spacial score (nSPS) is 12.8. The van der Waals surface area contributed by atoms with E-state index in [2.05, 4.69) is 5.48 Å². The lowest BCUT2D eigenvalue weighted by atomic mass is 10.1. The maximum atomic E-state index is 9.06. The number of rotatable bonds is 4. The molecule has 0 aliphatic carbocycles. The molecule has 1 aromatic rings. The highest BCUT2D eigenvalue weighted by Gasteiger charge is 2.03. The fourth-order valence-electron chi connectivity index (χ4n) is 1.04.